The van der Waals surface area contributed by atoms with Gasteiger partial charge in [0.25, 0.3) is 0 Å². The quantitative estimate of drug-likeness (QED) is 0.0880. The van der Waals surface area contributed by atoms with Crippen molar-refractivity contribution in [3.8, 4) is 16.2 Å². The van der Waals surface area contributed by atoms with E-state index in [9.17, 15) is 14.4 Å². The smallest absolute Gasteiger partial charge is 0.338 e. The third-order valence-electron chi connectivity index (χ3n) is 5.64. The molecule has 2 aromatic carbocycles. The molecule has 0 unspecified atom stereocenters. The molecule has 0 atom stereocenters. The molecule has 3 rings (SSSR count). The van der Waals surface area contributed by atoms with E-state index in [1.807, 2.05) is 30.3 Å². The van der Waals surface area contributed by atoms with Gasteiger partial charge in [0, 0.05) is 20.7 Å². The third-order valence-corrected chi connectivity index (χ3v) is 6.79. The summed E-state index contributed by atoms with van der Waals surface area (Å²) in [5, 5.41) is 1.12. The molecule has 0 N–H and O–H groups in total. The highest BCUT2D eigenvalue weighted by Crippen LogP contribution is 2.35. The zero-order valence-corrected chi connectivity index (χ0v) is 23.3. The monoisotopic (exact) mass is 550 g/mol. The lowest BCUT2D eigenvalue weighted by Crippen LogP contribution is -2.09. The van der Waals surface area contributed by atoms with Crippen LogP contribution in [0.25, 0.3) is 20.5 Å². The number of esters is 3. The molecule has 0 aliphatic rings. The Kier molecular flexibility index (Phi) is 11.3. The van der Waals surface area contributed by atoms with Crippen LogP contribution in [0.3, 0.4) is 0 Å². The summed E-state index contributed by atoms with van der Waals surface area (Å²) in [5.74, 6) is -0.363. The summed E-state index contributed by atoms with van der Waals surface area (Å²) < 4.78 is 22.4. The molecule has 0 radical (unpaired) electrons. The Morgan fingerprint density at radius 1 is 0.718 bits per heavy atom. The first kappa shape index (κ1) is 29.6. The van der Waals surface area contributed by atoms with E-state index in [2.05, 4.69) is 19.2 Å². The van der Waals surface area contributed by atoms with Crippen molar-refractivity contribution in [3.05, 3.63) is 78.4 Å². The van der Waals surface area contributed by atoms with Gasteiger partial charge in [0.1, 0.15) is 5.75 Å². The highest BCUT2D eigenvalue weighted by molar-refractivity contribution is 7.22. The van der Waals surface area contributed by atoms with Gasteiger partial charge in [-0.05, 0) is 86.9 Å². The van der Waals surface area contributed by atoms with Gasteiger partial charge in [0.2, 0.25) is 0 Å². The molecule has 8 heteroatoms. The fourth-order valence-electron chi connectivity index (χ4n) is 3.44. The van der Waals surface area contributed by atoms with E-state index in [1.165, 1.54) is 0 Å². The van der Waals surface area contributed by atoms with Crippen molar-refractivity contribution in [1.82, 2.24) is 0 Å². The molecule has 1 aromatic heterocycles. The molecule has 0 spiro atoms. The Bertz CT molecular complexity index is 1320. The lowest BCUT2D eigenvalue weighted by Gasteiger charge is -2.07. The maximum atomic E-state index is 12.3. The van der Waals surface area contributed by atoms with Crippen molar-refractivity contribution in [2.75, 3.05) is 26.4 Å². The van der Waals surface area contributed by atoms with Gasteiger partial charge in [-0.1, -0.05) is 25.3 Å². The van der Waals surface area contributed by atoms with Crippen LogP contribution in [0.1, 0.15) is 49.9 Å². The van der Waals surface area contributed by atoms with Gasteiger partial charge in [-0.3, -0.25) is 0 Å². The molecule has 0 saturated carbocycles. The van der Waals surface area contributed by atoms with Crippen LogP contribution in [-0.2, 0) is 23.8 Å². The number of carbonyl (C=O) groups is 3. The highest BCUT2D eigenvalue weighted by Gasteiger charge is 2.10. The maximum Gasteiger partial charge on any atom is 0.338 e. The van der Waals surface area contributed by atoms with Gasteiger partial charge in [0.05, 0.1) is 32.0 Å². The second-order valence-electron chi connectivity index (χ2n) is 9.12. The Hall–Kier alpha value is -3.91. The molecule has 7 nitrogen and oxygen atoms in total. The predicted molar refractivity (Wildman–Crippen MR) is 153 cm³/mol. The first-order valence-electron chi connectivity index (χ1n) is 12.8. The Labute approximate surface area is 233 Å². The number of fused-ring (bicyclic) bond motifs is 1. The highest BCUT2D eigenvalue weighted by atomic mass is 32.1. The summed E-state index contributed by atoms with van der Waals surface area (Å²) >= 11 is 1.65. The second kappa shape index (κ2) is 14.9. The van der Waals surface area contributed by atoms with Crippen molar-refractivity contribution in [2.24, 2.45) is 0 Å². The number of thiophene rings is 1. The van der Waals surface area contributed by atoms with E-state index in [-0.39, 0.29) is 25.2 Å². The van der Waals surface area contributed by atoms with Crippen LogP contribution in [-0.4, -0.2) is 44.3 Å². The summed E-state index contributed by atoms with van der Waals surface area (Å²) in [4.78, 5) is 36.2. The molecule has 0 aliphatic heterocycles. The lowest BCUT2D eigenvalue weighted by atomic mass is 10.1. The molecule has 0 bridgehead atoms. The van der Waals surface area contributed by atoms with Crippen molar-refractivity contribution in [3.63, 3.8) is 0 Å². The van der Waals surface area contributed by atoms with Crippen LogP contribution < -0.4 is 4.74 Å². The maximum absolute atomic E-state index is 12.3. The fraction of sp³-hybridized carbons (Fsp3) is 0.323. The van der Waals surface area contributed by atoms with Crippen molar-refractivity contribution < 1.29 is 33.3 Å². The molecule has 0 aliphatic carbocycles. The van der Waals surface area contributed by atoms with E-state index < -0.39 is 5.97 Å². The SMILES string of the molecule is C=C(C)C(=O)OCCCCOC(=O)c1ccc(-c2cc3ccc(OCCCCOC(=O)C(=C)C)cc3s2)cc1. The minimum Gasteiger partial charge on any atom is -0.494 e. The summed E-state index contributed by atoms with van der Waals surface area (Å²) in [7, 11) is 0. The van der Waals surface area contributed by atoms with Crippen LogP contribution in [0.4, 0.5) is 0 Å². The predicted octanol–water partition coefficient (Wildman–Crippen LogP) is 6.90. The Morgan fingerprint density at radius 2 is 1.28 bits per heavy atom. The number of rotatable bonds is 15. The van der Waals surface area contributed by atoms with E-state index in [4.69, 9.17) is 18.9 Å². The van der Waals surface area contributed by atoms with Crippen LogP contribution in [0.15, 0.2) is 72.8 Å². The molecule has 0 fully saturated rings. The first-order chi connectivity index (χ1) is 18.7. The first-order valence-corrected chi connectivity index (χ1v) is 13.7. The number of hydrogen-bond donors (Lipinski definition) is 0. The summed E-state index contributed by atoms with van der Waals surface area (Å²) in [6.07, 6.45) is 2.71. The van der Waals surface area contributed by atoms with E-state index in [1.54, 1.807) is 37.3 Å². The normalized spacial score (nSPS) is 10.6. The van der Waals surface area contributed by atoms with E-state index in [0.29, 0.717) is 42.8 Å². The number of benzene rings is 2. The zero-order chi connectivity index (χ0) is 28.2. The fourth-order valence-corrected chi connectivity index (χ4v) is 4.53. The van der Waals surface area contributed by atoms with Crippen molar-refractivity contribution in [2.45, 2.75) is 39.5 Å². The number of carbonyl (C=O) groups excluding carboxylic acids is 3. The van der Waals surface area contributed by atoms with Crippen LogP contribution in [0, 0.1) is 0 Å². The summed E-state index contributed by atoms with van der Waals surface area (Å²) in [6.45, 7) is 11.7. The number of ether oxygens (including phenoxy) is 4. The number of unbranched alkanes of at least 4 members (excludes halogenated alkanes) is 2. The third kappa shape index (κ3) is 9.41. The average Bonchev–Trinajstić information content (AvgIpc) is 3.35. The lowest BCUT2D eigenvalue weighted by molar-refractivity contribution is -0.140. The topological polar surface area (TPSA) is 88.1 Å². The zero-order valence-electron chi connectivity index (χ0n) is 22.5. The van der Waals surface area contributed by atoms with E-state index in [0.717, 1.165) is 39.1 Å². The summed E-state index contributed by atoms with van der Waals surface area (Å²) in [5.41, 5.74) is 2.26. The molecule has 0 amide bonds. The van der Waals surface area contributed by atoms with Crippen molar-refractivity contribution in [1.29, 1.82) is 0 Å². The molecule has 39 heavy (non-hydrogen) atoms. The van der Waals surface area contributed by atoms with Gasteiger partial charge in [-0.15, -0.1) is 11.3 Å². The van der Waals surface area contributed by atoms with Crippen LogP contribution in [0.5, 0.6) is 5.75 Å². The molecule has 3 aromatic rings. The van der Waals surface area contributed by atoms with Crippen LogP contribution in [0.2, 0.25) is 0 Å². The van der Waals surface area contributed by atoms with E-state index >= 15 is 0 Å². The largest absolute Gasteiger partial charge is 0.494 e. The minimum absolute atomic E-state index is 0.258. The molecular weight excluding hydrogens is 516 g/mol. The van der Waals surface area contributed by atoms with Gasteiger partial charge in [-0.2, -0.15) is 0 Å². The minimum atomic E-state index is -0.410. The average molecular weight is 551 g/mol. The molecule has 0 saturated heterocycles. The number of hydrogen-bond acceptors (Lipinski definition) is 8. The second-order valence-corrected chi connectivity index (χ2v) is 10.2. The van der Waals surface area contributed by atoms with Gasteiger partial charge in [0.15, 0.2) is 0 Å². The summed E-state index contributed by atoms with van der Waals surface area (Å²) in [6, 6.07) is 15.5. The van der Waals surface area contributed by atoms with Gasteiger partial charge >= 0.3 is 17.9 Å². The molecular formula is C31H34O7S. The van der Waals surface area contributed by atoms with Crippen molar-refractivity contribution >= 4 is 39.3 Å². The van der Waals surface area contributed by atoms with Gasteiger partial charge in [-0.25, -0.2) is 14.4 Å². The standard InChI is InChI=1S/C31H34O7S/c1-21(2)29(32)36-16-6-5-15-35-26-14-13-25-19-27(39-28(25)20-26)23-9-11-24(12-10-23)31(34)38-18-8-7-17-37-30(33)22(3)4/h9-14,19-20H,1,3,5-8,15-18H2,2,4H3. The Morgan fingerprint density at radius 3 is 1.87 bits per heavy atom. The molecule has 206 valence electrons. The molecule has 1 heterocycles. The Balaban J connectivity index is 1.44. The van der Waals surface area contributed by atoms with Crippen LogP contribution >= 0.6 is 11.3 Å². The van der Waals surface area contributed by atoms with Gasteiger partial charge < -0.3 is 18.9 Å².